The summed E-state index contributed by atoms with van der Waals surface area (Å²) in [4.78, 5) is 12.6. The lowest BCUT2D eigenvalue weighted by atomic mass is 10.0. The zero-order chi connectivity index (χ0) is 17.2. The molecule has 0 aliphatic carbocycles. The molecule has 3 aromatic rings. The van der Waals surface area contributed by atoms with E-state index in [9.17, 15) is 4.79 Å². The molecule has 0 aromatic heterocycles. The van der Waals surface area contributed by atoms with Crippen LogP contribution in [0.4, 0.5) is 0 Å². The van der Waals surface area contributed by atoms with E-state index in [1.54, 1.807) is 0 Å². The van der Waals surface area contributed by atoms with Crippen molar-refractivity contribution < 1.29 is 4.79 Å². The molecule has 0 radical (unpaired) electrons. The molecule has 24 heavy (non-hydrogen) atoms. The molecule has 0 atom stereocenters. The Morgan fingerprint density at radius 2 is 1.17 bits per heavy atom. The van der Waals surface area contributed by atoms with Gasteiger partial charge in [0.15, 0.2) is 5.78 Å². The Morgan fingerprint density at radius 1 is 0.708 bits per heavy atom. The average Bonchev–Trinajstić information content (AvgIpc) is 2.62. The largest absolute Gasteiger partial charge is 0.289 e. The van der Waals surface area contributed by atoms with E-state index in [4.69, 9.17) is 0 Å². The summed E-state index contributed by atoms with van der Waals surface area (Å²) in [5.41, 5.74) is 1.45. The fourth-order valence-electron chi connectivity index (χ4n) is 2.83. The lowest BCUT2D eigenvalue weighted by Crippen LogP contribution is -2.52. The maximum absolute atomic E-state index is 12.6. The number of halogens is 1. The summed E-state index contributed by atoms with van der Waals surface area (Å²) in [7, 11) is -1.72. The van der Waals surface area contributed by atoms with E-state index in [0.717, 1.165) is 10.0 Å². The van der Waals surface area contributed by atoms with Crippen LogP contribution in [-0.2, 0) is 0 Å². The molecule has 0 spiro atoms. The molecule has 120 valence electrons. The molecular weight excluding hydrogens is 376 g/mol. The minimum atomic E-state index is -1.72. The van der Waals surface area contributed by atoms with Gasteiger partial charge in [-0.05, 0) is 24.3 Å². The highest BCUT2D eigenvalue weighted by Gasteiger charge is 2.25. The van der Waals surface area contributed by atoms with Gasteiger partial charge in [-0.25, -0.2) is 0 Å². The van der Waals surface area contributed by atoms with Crippen molar-refractivity contribution in [3.8, 4) is 0 Å². The van der Waals surface area contributed by atoms with Gasteiger partial charge in [0.05, 0.1) is 0 Å². The molecule has 0 saturated carbocycles. The van der Waals surface area contributed by atoms with E-state index in [-0.39, 0.29) is 5.78 Å². The molecule has 1 nitrogen and oxygen atoms in total. The third kappa shape index (κ3) is 3.42. The highest BCUT2D eigenvalue weighted by Crippen LogP contribution is 2.15. The molecule has 0 heterocycles. The van der Waals surface area contributed by atoms with Gasteiger partial charge in [-0.15, -0.1) is 0 Å². The second-order valence-corrected chi connectivity index (χ2v) is 11.7. The quantitative estimate of drug-likeness (QED) is 0.470. The van der Waals surface area contributed by atoms with Crippen molar-refractivity contribution >= 4 is 40.2 Å². The first-order valence-electron chi connectivity index (χ1n) is 7.95. The number of ketones is 1. The van der Waals surface area contributed by atoms with E-state index < -0.39 is 8.07 Å². The Hall–Kier alpha value is -1.97. The van der Waals surface area contributed by atoms with Crippen molar-refractivity contribution in [2.45, 2.75) is 13.1 Å². The lowest BCUT2D eigenvalue weighted by molar-refractivity contribution is 0.103. The van der Waals surface area contributed by atoms with Crippen molar-refractivity contribution in [1.29, 1.82) is 0 Å². The number of rotatable bonds is 4. The van der Waals surface area contributed by atoms with Crippen molar-refractivity contribution in [3.05, 3.63) is 94.5 Å². The summed E-state index contributed by atoms with van der Waals surface area (Å²) in [5, 5.41) is 2.73. The van der Waals surface area contributed by atoms with Gasteiger partial charge in [0, 0.05) is 15.6 Å². The second kappa shape index (κ2) is 6.87. The van der Waals surface area contributed by atoms with Gasteiger partial charge in [-0.3, -0.25) is 4.79 Å². The van der Waals surface area contributed by atoms with Gasteiger partial charge in [0.1, 0.15) is 8.07 Å². The Balaban J connectivity index is 1.88. The van der Waals surface area contributed by atoms with E-state index in [1.165, 1.54) is 10.4 Å². The molecule has 0 amide bonds. The fraction of sp³-hybridized carbons (Fsp3) is 0.0952. The molecule has 3 aromatic carbocycles. The van der Waals surface area contributed by atoms with Gasteiger partial charge in [-0.2, -0.15) is 0 Å². The molecule has 3 heteroatoms. The summed E-state index contributed by atoms with van der Waals surface area (Å²) >= 11 is 3.40. The summed E-state index contributed by atoms with van der Waals surface area (Å²) in [5.74, 6) is 0.0632. The molecule has 3 rings (SSSR count). The van der Waals surface area contributed by atoms with E-state index in [2.05, 4.69) is 65.4 Å². The van der Waals surface area contributed by atoms with Crippen LogP contribution in [0.3, 0.4) is 0 Å². The summed E-state index contributed by atoms with van der Waals surface area (Å²) in [6.45, 7) is 4.68. The molecule has 0 saturated heterocycles. The maximum atomic E-state index is 12.6. The third-order valence-corrected chi connectivity index (χ3v) is 8.55. The number of carbonyl (C=O) groups is 1. The van der Waals surface area contributed by atoms with Crippen molar-refractivity contribution in [1.82, 2.24) is 0 Å². The first-order chi connectivity index (χ1) is 11.5. The van der Waals surface area contributed by atoms with Crippen molar-refractivity contribution in [2.24, 2.45) is 0 Å². The summed E-state index contributed by atoms with van der Waals surface area (Å²) < 4.78 is 0.977. The number of hydrogen-bond acceptors (Lipinski definition) is 1. The van der Waals surface area contributed by atoms with Crippen LogP contribution in [0.5, 0.6) is 0 Å². The first-order valence-corrected chi connectivity index (χ1v) is 11.7. The Bertz CT molecular complexity index is 837. The van der Waals surface area contributed by atoms with Gasteiger partial charge >= 0.3 is 0 Å². The van der Waals surface area contributed by atoms with Gasteiger partial charge in [0.2, 0.25) is 0 Å². The zero-order valence-electron chi connectivity index (χ0n) is 13.8. The molecular formula is C21H19BrOSi. The Labute approximate surface area is 152 Å². The highest BCUT2D eigenvalue weighted by molar-refractivity contribution is 9.10. The normalized spacial score (nSPS) is 11.3. The predicted octanol–water partition coefficient (Wildman–Crippen LogP) is 4.50. The highest BCUT2D eigenvalue weighted by atomic mass is 79.9. The molecule has 0 bridgehead atoms. The van der Waals surface area contributed by atoms with Crippen LogP contribution in [0.15, 0.2) is 83.3 Å². The van der Waals surface area contributed by atoms with Crippen LogP contribution >= 0.6 is 15.9 Å². The smallest absolute Gasteiger partial charge is 0.193 e. The third-order valence-electron chi connectivity index (χ3n) is 4.47. The van der Waals surface area contributed by atoms with Crippen LogP contribution in [0.25, 0.3) is 0 Å². The standard InChI is InChI=1S/C21H19BrOSi/c1-24(2,19-6-4-3-5-7-19)20-14-10-17(11-15-20)21(23)16-8-12-18(22)13-9-16/h3-15H,1-2H3. The fourth-order valence-corrected chi connectivity index (χ4v) is 5.45. The van der Waals surface area contributed by atoms with Crippen molar-refractivity contribution in [3.63, 3.8) is 0 Å². The minimum Gasteiger partial charge on any atom is -0.289 e. The lowest BCUT2D eigenvalue weighted by Gasteiger charge is -2.23. The first kappa shape index (κ1) is 16.9. The van der Waals surface area contributed by atoms with Crippen LogP contribution in [0, 0.1) is 0 Å². The minimum absolute atomic E-state index is 0.0632. The second-order valence-electron chi connectivity index (χ2n) is 6.40. The maximum Gasteiger partial charge on any atom is 0.193 e. The Kier molecular flexibility index (Phi) is 4.83. The van der Waals surface area contributed by atoms with E-state index in [1.807, 2.05) is 42.5 Å². The summed E-state index contributed by atoms with van der Waals surface area (Å²) in [6, 6.07) is 26.3. The SMILES string of the molecule is C[Si](C)(c1ccccc1)c1ccc(C(=O)c2ccc(Br)cc2)cc1. The van der Waals surface area contributed by atoms with Crippen molar-refractivity contribution in [2.75, 3.05) is 0 Å². The van der Waals surface area contributed by atoms with Crippen LogP contribution in [-0.4, -0.2) is 13.9 Å². The van der Waals surface area contributed by atoms with Crippen LogP contribution in [0.1, 0.15) is 15.9 Å². The van der Waals surface area contributed by atoms with Crippen LogP contribution < -0.4 is 10.4 Å². The van der Waals surface area contributed by atoms with E-state index in [0.29, 0.717) is 5.56 Å². The Morgan fingerprint density at radius 3 is 1.71 bits per heavy atom. The molecule has 0 aliphatic heterocycles. The monoisotopic (exact) mass is 394 g/mol. The average molecular weight is 395 g/mol. The number of hydrogen-bond donors (Lipinski definition) is 0. The van der Waals surface area contributed by atoms with E-state index >= 15 is 0 Å². The zero-order valence-corrected chi connectivity index (χ0v) is 16.4. The topological polar surface area (TPSA) is 17.1 Å². The van der Waals surface area contributed by atoms with Gasteiger partial charge < -0.3 is 0 Å². The van der Waals surface area contributed by atoms with Gasteiger partial charge in [-0.1, -0.05) is 94.0 Å². The molecule has 0 aliphatic rings. The summed E-state index contributed by atoms with van der Waals surface area (Å²) in [6.07, 6.45) is 0. The predicted molar refractivity (Wildman–Crippen MR) is 107 cm³/mol. The van der Waals surface area contributed by atoms with Crippen LogP contribution in [0.2, 0.25) is 13.1 Å². The molecule has 0 fully saturated rings. The molecule has 0 unspecified atom stereocenters. The molecule has 0 N–H and O–H groups in total. The number of benzene rings is 3. The number of carbonyl (C=O) groups excluding carboxylic acids is 1. The van der Waals surface area contributed by atoms with Gasteiger partial charge in [0.25, 0.3) is 0 Å².